The molecular weight excluding hydrogens is 396 g/mol. The van der Waals surface area contributed by atoms with E-state index < -0.39 is 0 Å². The van der Waals surface area contributed by atoms with E-state index in [0.29, 0.717) is 13.2 Å². The standard InChI is InChI=1S/C24H26N2O3S/c1-4-29-19-10-8-17(9-11-19)24-25-18(15-30-24)14-22(27)26-13-5-6-20-16(2)7-12-21(28-3)23(20)26/h7-12,15H,4-6,13-14H2,1-3H3. The number of ether oxygens (including phenoxy) is 2. The van der Waals surface area contributed by atoms with Crippen molar-refractivity contribution in [3.63, 3.8) is 0 Å². The van der Waals surface area contributed by atoms with Crippen LogP contribution < -0.4 is 14.4 Å². The monoisotopic (exact) mass is 422 g/mol. The summed E-state index contributed by atoms with van der Waals surface area (Å²) in [6.07, 6.45) is 2.21. The molecule has 0 fully saturated rings. The molecule has 4 rings (SSSR count). The lowest BCUT2D eigenvalue weighted by Gasteiger charge is -2.32. The van der Waals surface area contributed by atoms with Crippen molar-refractivity contribution in [3.8, 4) is 22.1 Å². The molecule has 2 aromatic carbocycles. The average molecular weight is 423 g/mol. The van der Waals surface area contributed by atoms with Gasteiger partial charge in [-0.25, -0.2) is 4.98 Å². The zero-order chi connectivity index (χ0) is 21.1. The lowest BCUT2D eigenvalue weighted by Crippen LogP contribution is -2.37. The Morgan fingerprint density at radius 2 is 2.00 bits per heavy atom. The minimum Gasteiger partial charge on any atom is -0.495 e. The van der Waals surface area contributed by atoms with Gasteiger partial charge in [-0.1, -0.05) is 6.07 Å². The molecule has 30 heavy (non-hydrogen) atoms. The molecular formula is C24H26N2O3S. The van der Waals surface area contributed by atoms with E-state index in [-0.39, 0.29) is 12.3 Å². The fourth-order valence-corrected chi connectivity index (χ4v) is 4.72. The van der Waals surface area contributed by atoms with Gasteiger partial charge in [0.05, 0.1) is 31.5 Å². The maximum Gasteiger partial charge on any atom is 0.233 e. The van der Waals surface area contributed by atoms with E-state index in [1.54, 1.807) is 18.4 Å². The van der Waals surface area contributed by atoms with Crippen molar-refractivity contribution < 1.29 is 14.3 Å². The molecule has 0 N–H and O–H groups in total. The summed E-state index contributed by atoms with van der Waals surface area (Å²) < 4.78 is 11.1. The molecule has 1 aliphatic heterocycles. The van der Waals surface area contributed by atoms with Crippen molar-refractivity contribution in [2.24, 2.45) is 0 Å². The molecule has 0 spiro atoms. The molecule has 6 heteroatoms. The molecule has 5 nitrogen and oxygen atoms in total. The minimum atomic E-state index is 0.0587. The van der Waals surface area contributed by atoms with Gasteiger partial charge in [0.1, 0.15) is 16.5 Å². The number of carbonyl (C=O) groups excluding carboxylic acids is 1. The van der Waals surface area contributed by atoms with Crippen LogP contribution in [0.25, 0.3) is 10.6 Å². The van der Waals surface area contributed by atoms with Crippen LogP contribution in [-0.4, -0.2) is 31.2 Å². The van der Waals surface area contributed by atoms with Crippen molar-refractivity contribution in [1.29, 1.82) is 0 Å². The molecule has 3 aromatic rings. The zero-order valence-corrected chi connectivity index (χ0v) is 18.4. The van der Waals surface area contributed by atoms with E-state index in [2.05, 4.69) is 13.0 Å². The number of fused-ring (bicyclic) bond motifs is 1. The van der Waals surface area contributed by atoms with Gasteiger partial charge in [-0.15, -0.1) is 11.3 Å². The number of rotatable bonds is 6. The first-order chi connectivity index (χ1) is 14.6. The Morgan fingerprint density at radius 3 is 2.73 bits per heavy atom. The summed E-state index contributed by atoms with van der Waals surface area (Å²) in [7, 11) is 1.66. The summed E-state index contributed by atoms with van der Waals surface area (Å²) in [6.45, 7) is 5.42. The molecule has 0 radical (unpaired) electrons. The van der Waals surface area contributed by atoms with Crippen LogP contribution in [-0.2, 0) is 17.6 Å². The number of amides is 1. The first kappa shape index (κ1) is 20.4. The highest BCUT2D eigenvalue weighted by atomic mass is 32.1. The van der Waals surface area contributed by atoms with Crippen LogP contribution in [0, 0.1) is 6.92 Å². The van der Waals surface area contributed by atoms with Crippen molar-refractivity contribution in [1.82, 2.24) is 4.98 Å². The molecule has 1 aromatic heterocycles. The maximum absolute atomic E-state index is 13.2. The number of hydrogen-bond donors (Lipinski definition) is 0. The number of aromatic nitrogens is 1. The first-order valence-corrected chi connectivity index (χ1v) is 11.1. The number of hydrogen-bond acceptors (Lipinski definition) is 5. The Labute approximate surface area is 181 Å². The van der Waals surface area contributed by atoms with Crippen molar-refractivity contribution in [2.75, 3.05) is 25.2 Å². The van der Waals surface area contributed by atoms with Gasteiger partial charge in [0.2, 0.25) is 5.91 Å². The Morgan fingerprint density at radius 1 is 1.20 bits per heavy atom. The summed E-state index contributed by atoms with van der Waals surface area (Å²) in [5.74, 6) is 1.67. The number of nitrogens with zero attached hydrogens (tertiary/aromatic N) is 2. The fraction of sp³-hybridized carbons (Fsp3) is 0.333. The smallest absolute Gasteiger partial charge is 0.233 e. The molecule has 0 saturated heterocycles. The first-order valence-electron chi connectivity index (χ1n) is 10.2. The number of aryl methyl sites for hydroxylation is 1. The third-order valence-electron chi connectivity index (χ3n) is 5.38. The van der Waals surface area contributed by atoms with Gasteiger partial charge in [-0.2, -0.15) is 0 Å². The van der Waals surface area contributed by atoms with Crippen LogP contribution in [0.4, 0.5) is 5.69 Å². The highest BCUT2D eigenvalue weighted by Crippen LogP contribution is 2.38. The van der Waals surface area contributed by atoms with E-state index in [9.17, 15) is 4.79 Å². The number of benzene rings is 2. The highest BCUT2D eigenvalue weighted by Gasteiger charge is 2.27. The molecule has 1 amide bonds. The van der Waals surface area contributed by atoms with Crippen LogP contribution in [0.1, 0.15) is 30.2 Å². The van der Waals surface area contributed by atoms with E-state index in [1.807, 2.05) is 47.5 Å². The predicted molar refractivity (Wildman–Crippen MR) is 121 cm³/mol. The zero-order valence-electron chi connectivity index (χ0n) is 17.6. The second-order valence-corrected chi connectivity index (χ2v) is 8.20. The highest BCUT2D eigenvalue weighted by molar-refractivity contribution is 7.13. The largest absolute Gasteiger partial charge is 0.495 e. The second kappa shape index (κ2) is 8.88. The lowest BCUT2D eigenvalue weighted by molar-refractivity contribution is -0.118. The second-order valence-electron chi connectivity index (χ2n) is 7.34. The van der Waals surface area contributed by atoms with Crippen LogP contribution in [0.15, 0.2) is 41.8 Å². The van der Waals surface area contributed by atoms with E-state index in [1.165, 1.54) is 11.1 Å². The van der Waals surface area contributed by atoms with Gasteiger partial charge in [0.15, 0.2) is 0 Å². The number of anilines is 1. The third-order valence-corrected chi connectivity index (χ3v) is 6.32. The number of carbonyl (C=O) groups is 1. The summed E-state index contributed by atoms with van der Waals surface area (Å²) in [6, 6.07) is 11.9. The number of thiazole rings is 1. The molecule has 2 heterocycles. The Bertz CT molecular complexity index is 1040. The van der Waals surface area contributed by atoms with Crippen LogP contribution in [0.5, 0.6) is 11.5 Å². The SMILES string of the molecule is CCOc1ccc(-c2nc(CC(=O)N3CCCc4c(C)ccc(OC)c43)cs2)cc1. The quantitative estimate of drug-likeness (QED) is 0.558. The average Bonchev–Trinajstić information content (AvgIpc) is 3.23. The summed E-state index contributed by atoms with van der Waals surface area (Å²) in [5, 5.41) is 2.88. The molecule has 0 aliphatic carbocycles. The molecule has 1 aliphatic rings. The third kappa shape index (κ3) is 4.05. The van der Waals surface area contributed by atoms with Gasteiger partial charge in [-0.3, -0.25) is 4.79 Å². The minimum absolute atomic E-state index is 0.0587. The fourth-order valence-electron chi connectivity index (χ4n) is 3.90. The molecule has 0 bridgehead atoms. The lowest BCUT2D eigenvalue weighted by atomic mass is 9.96. The van der Waals surface area contributed by atoms with Crippen LogP contribution >= 0.6 is 11.3 Å². The molecule has 0 atom stereocenters. The van der Waals surface area contributed by atoms with Gasteiger partial charge in [0, 0.05) is 17.5 Å². The maximum atomic E-state index is 13.2. The van der Waals surface area contributed by atoms with Gasteiger partial charge in [0.25, 0.3) is 0 Å². The van der Waals surface area contributed by atoms with Crippen LogP contribution in [0.3, 0.4) is 0 Å². The Kier molecular flexibility index (Phi) is 6.04. The molecule has 0 unspecified atom stereocenters. The number of methoxy groups -OCH3 is 1. The van der Waals surface area contributed by atoms with Crippen LogP contribution in [0.2, 0.25) is 0 Å². The Hall–Kier alpha value is -2.86. The summed E-state index contributed by atoms with van der Waals surface area (Å²) in [4.78, 5) is 19.8. The van der Waals surface area contributed by atoms with E-state index in [4.69, 9.17) is 14.5 Å². The topological polar surface area (TPSA) is 51.7 Å². The van der Waals surface area contributed by atoms with Crippen molar-refractivity contribution >= 4 is 22.9 Å². The van der Waals surface area contributed by atoms with E-state index in [0.717, 1.165) is 46.3 Å². The van der Waals surface area contributed by atoms with Gasteiger partial charge < -0.3 is 14.4 Å². The Balaban J connectivity index is 1.53. The van der Waals surface area contributed by atoms with E-state index >= 15 is 0 Å². The normalized spacial score (nSPS) is 13.1. The predicted octanol–water partition coefficient (Wildman–Crippen LogP) is 5.05. The van der Waals surface area contributed by atoms with Crippen molar-refractivity contribution in [3.05, 3.63) is 58.6 Å². The van der Waals surface area contributed by atoms with Gasteiger partial charge in [-0.05, 0) is 68.1 Å². The molecule has 156 valence electrons. The van der Waals surface area contributed by atoms with Gasteiger partial charge >= 0.3 is 0 Å². The summed E-state index contributed by atoms with van der Waals surface area (Å²) >= 11 is 1.56. The molecule has 0 saturated carbocycles. The summed E-state index contributed by atoms with van der Waals surface area (Å²) in [5.41, 5.74) is 5.17. The van der Waals surface area contributed by atoms with Crippen molar-refractivity contribution in [2.45, 2.75) is 33.1 Å².